The summed E-state index contributed by atoms with van der Waals surface area (Å²) in [5.74, 6) is 1.22. The highest BCUT2D eigenvalue weighted by Crippen LogP contribution is 2.24. The van der Waals surface area contributed by atoms with Gasteiger partial charge in [0.05, 0.1) is 24.0 Å². The van der Waals surface area contributed by atoms with Crippen LogP contribution >= 0.6 is 0 Å². The van der Waals surface area contributed by atoms with Crippen molar-refractivity contribution < 1.29 is 14.6 Å². The van der Waals surface area contributed by atoms with Crippen molar-refractivity contribution in [3.8, 4) is 5.75 Å². The summed E-state index contributed by atoms with van der Waals surface area (Å²) < 4.78 is 7.75. The maximum atomic E-state index is 12.7. The fourth-order valence-electron chi connectivity index (χ4n) is 3.97. The molecule has 3 aromatic carbocycles. The molecule has 1 amide bonds. The van der Waals surface area contributed by atoms with E-state index in [0.29, 0.717) is 18.1 Å². The molecule has 0 radical (unpaired) electrons. The van der Waals surface area contributed by atoms with Crippen molar-refractivity contribution in [3.05, 3.63) is 95.8 Å². The minimum Gasteiger partial charge on any atom is -0.491 e. The summed E-state index contributed by atoms with van der Waals surface area (Å²) in [5.41, 5.74) is 4.02. The number of imidazole rings is 1. The highest BCUT2D eigenvalue weighted by Gasteiger charge is 2.18. The van der Waals surface area contributed by atoms with Crippen LogP contribution in [0, 0.1) is 0 Å². The number of aliphatic hydroxyl groups is 1. The van der Waals surface area contributed by atoms with Crippen LogP contribution in [-0.4, -0.2) is 33.3 Å². The summed E-state index contributed by atoms with van der Waals surface area (Å²) in [4.78, 5) is 17.3. The number of ether oxygens (including phenoxy) is 1. The molecule has 4 rings (SSSR count). The summed E-state index contributed by atoms with van der Waals surface area (Å²) in [6, 6.07) is 25.5. The van der Waals surface area contributed by atoms with Crippen LogP contribution in [0.25, 0.3) is 11.0 Å². The van der Waals surface area contributed by atoms with Crippen LogP contribution < -0.4 is 10.1 Å². The number of benzene rings is 3. The molecule has 1 atom stereocenters. The molecule has 0 aliphatic heterocycles. The molecule has 4 aromatic rings. The molecule has 2 N–H and O–H groups in total. The number of aromatic nitrogens is 2. The van der Waals surface area contributed by atoms with Crippen molar-refractivity contribution in [2.24, 2.45) is 0 Å². The standard InChI is InChI=1S/C29H33N3O3/c1-29(2,3)22-13-15-24(16-14-22)35-20-23(33)19-32-26-12-8-7-11-25(26)31-27(32)17-28(34)30-18-21-9-5-4-6-10-21/h4-16,23,33H,17-20H2,1-3H3,(H,30,34). The van der Waals surface area contributed by atoms with E-state index in [9.17, 15) is 9.90 Å². The second kappa shape index (κ2) is 10.7. The zero-order chi connectivity index (χ0) is 24.8. The maximum absolute atomic E-state index is 12.7. The van der Waals surface area contributed by atoms with E-state index in [1.54, 1.807) is 0 Å². The highest BCUT2D eigenvalue weighted by atomic mass is 16.5. The van der Waals surface area contributed by atoms with Crippen LogP contribution in [-0.2, 0) is 29.7 Å². The van der Waals surface area contributed by atoms with Crippen LogP contribution in [0.1, 0.15) is 37.7 Å². The minimum absolute atomic E-state index is 0.0737. The number of amides is 1. The predicted molar refractivity (Wildman–Crippen MR) is 138 cm³/mol. The summed E-state index contributed by atoms with van der Waals surface area (Å²) in [6.45, 7) is 7.39. The largest absolute Gasteiger partial charge is 0.491 e. The molecule has 1 heterocycles. The molecule has 1 unspecified atom stereocenters. The molecule has 6 nitrogen and oxygen atoms in total. The molecule has 0 aliphatic carbocycles. The zero-order valence-corrected chi connectivity index (χ0v) is 20.6. The highest BCUT2D eigenvalue weighted by molar-refractivity contribution is 5.81. The third kappa shape index (κ3) is 6.49. The van der Waals surface area contributed by atoms with Gasteiger partial charge in [-0.05, 0) is 40.8 Å². The summed E-state index contributed by atoms with van der Waals surface area (Å²) in [6.07, 6.45) is -0.635. The fourth-order valence-corrected chi connectivity index (χ4v) is 3.97. The molecule has 0 fully saturated rings. The molecule has 0 spiro atoms. The first-order valence-corrected chi connectivity index (χ1v) is 12.0. The van der Waals surface area contributed by atoms with Crippen LogP contribution in [0.2, 0.25) is 0 Å². The number of nitrogens with one attached hydrogen (secondary N) is 1. The Morgan fingerprint density at radius 1 is 1.00 bits per heavy atom. The third-order valence-electron chi connectivity index (χ3n) is 5.94. The van der Waals surface area contributed by atoms with Gasteiger partial charge in [0.15, 0.2) is 0 Å². The van der Waals surface area contributed by atoms with Crippen molar-refractivity contribution in [2.45, 2.75) is 51.8 Å². The second-order valence-electron chi connectivity index (χ2n) is 9.81. The second-order valence-corrected chi connectivity index (χ2v) is 9.81. The molecule has 0 saturated carbocycles. The Balaban J connectivity index is 1.41. The normalized spacial score (nSPS) is 12.5. The van der Waals surface area contributed by atoms with E-state index in [-0.39, 0.29) is 30.9 Å². The number of hydrogen-bond donors (Lipinski definition) is 2. The van der Waals surface area contributed by atoms with Crippen LogP contribution in [0.4, 0.5) is 0 Å². The van der Waals surface area contributed by atoms with Crippen molar-refractivity contribution in [2.75, 3.05) is 6.61 Å². The van der Waals surface area contributed by atoms with E-state index in [4.69, 9.17) is 4.74 Å². The van der Waals surface area contributed by atoms with Crippen molar-refractivity contribution in [3.63, 3.8) is 0 Å². The first-order valence-electron chi connectivity index (χ1n) is 12.0. The Morgan fingerprint density at radius 2 is 1.69 bits per heavy atom. The molecule has 0 saturated heterocycles. The van der Waals surface area contributed by atoms with E-state index >= 15 is 0 Å². The third-order valence-corrected chi connectivity index (χ3v) is 5.94. The quantitative estimate of drug-likeness (QED) is 0.373. The number of para-hydroxylation sites is 2. The Bertz CT molecular complexity index is 1260. The maximum Gasteiger partial charge on any atom is 0.227 e. The Hall–Kier alpha value is -3.64. The molecule has 182 valence electrons. The van der Waals surface area contributed by atoms with Crippen molar-refractivity contribution in [1.29, 1.82) is 0 Å². The van der Waals surface area contributed by atoms with Gasteiger partial charge in [0.2, 0.25) is 5.91 Å². The Labute approximate surface area is 206 Å². The topological polar surface area (TPSA) is 76.4 Å². The van der Waals surface area contributed by atoms with Gasteiger partial charge in [0, 0.05) is 6.54 Å². The number of nitrogens with zero attached hydrogens (tertiary/aromatic N) is 2. The van der Waals surface area contributed by atoms with Gasteiger partial charge in [0.1, 0.15) is 24.3 Å². The van der Waals surface area contributed by atoms with Gasteiger partial charge in [-0.15, -0.1) is 0 Å². The molecular weight excluding hydrogens is 438 g/mol. The number of aliphatic hydroxyl groups excluding tert-OH is 1. The molecular formula is C29H33N3O3. The Morgan fingerprint density at radius 3 is 2.40 bits per heavy atom. The average molecular weight is 472 g/mol. The monoisotopic (exact) mass is 471 g/mol. The van der Waals surface area contributed by atoms with Crippen LogP contribution in [0.5, 0.6) is 5.75 Å². The number of rotatable bonds is 9. The molecule has 0 bridgehead atoms. The molecule has 1 aromatic heterocycles. The number of carbonyl (C=O) groups is 1. The van der Waals surface area contributed by atoms with Gasteiger partial charge < -0.3 is 19.7 Å². The molecule has 0 aliphatic rings. The van der Waals surface area contributed by atoms with Crippen molar-refractivity contribution in [1.82, 2.24) is 14.9 Å². The number of fused-ring (bicyclic) bond motifs is 1. The van der Waals surface area contributed by atoms with Crippen molar-refractivity contribution >= 4 is 16.9 Å². The first kappa shape index (κ1) is 24.5. The van der Waals surface area contributed by atoms with Gasteiger partial charge in [0.25, 0.3) is 0 Å². The fraction of sp³-hybridized carbons (Fsp3) is 0.310. The van der Waals surface area contributed by atoms with Gasteiger partial charge in [-0.2, -0.15) is 0 Å². The molecule has 35 heavy (non-hydrogen) atoms. The zero-order valence-electron chi connectivity index (χ0n) is 20.6. The lowest BCUT2D eigenvalue weighted by molar-refractivity contribution is -0.120. The lowest BCUT2D eigenvalue weighted by Gasteiger charge is -2.20. The van der Waals surface area contributed by atoms with E-state index in [0.717, 1.165) is 16.6 Å². The lowest BCUT2D eigenvalue weighted by atomic mass is 9.87. The Kier molecular flexibility index (Phi) is 7.51. The smallest absolute Gasteiger partial charge is 0.227 e. The van der Waals surface area contributed by atoms with E-state index < -0.39 is 6.10 Å². The summed E-state index contributed by atoms with van der Waals surface area (Å²) in [7, 11) is 0. The van der Waals surface area contributed by atoms with Gasteiger partial charge in [-0.25, -0.2) is 4.98 Å². The summed E-state index contributed by atoms with van der Waals surface area (Å²) in [5, 5.41) is 13.7. The van der Waals surface area contributed by atoms with Crippen LogP contribution in [0.15, 0.2) is 78.9 Å². The molecule has 6 heteroatoms. The first-order chi connectivity index (χ1) is 16.8. The van der Waals surface area contributed by atoms with Gasteiger partial charge in [-0.1, -0.05) is 75.4 Å². The SMILES string of the molecule is CC(C)(C)c1ccc(OCC(O)Cn2c(CC(=O)NCc3ccccc3)nc3ccccc32)cc1. The number of hydrogen-bond acceptors (Lipinski definition) is 4. The summed E-state index contributed by atoms with van der Waals surface area (Å²) >= 11 is 0. The van der Waals surface area contributed by atoms with E-state index in [1.165, 1.54) is 5.56 Å². The van der Waals surface area contributed by atoms with Gasteiger partial charge in [-0.3, -0.25) is 4.79 Å². The van der Waals surface area contributed by atoms with Crippen LogP contribution in [0.3, 0.4) is 0 Å². The van der Waals surface area contributed by atoms with Gasteiger partial charge >= 0.3 is 0 Å². The van der Waals surface area contributed by atoms with E-state index in [1.807, 2.05) is 71.3 Å². The minimum atomic E-state index is -0.763. The predicted octanol–water partition coefficient (Wildman–Crippen LogP) is 4.63. The number of carbonyl (C=O) groups excluding carboxylic acids is 1. The average Bonchev–Trinajstić information content (AvgIpc) is 3.18. The lowest BCUT2D eigenvalue weighted by Crippen LogP contribution is -2.28. The van der Waals surface area contributed by atoms with E-state index in [2.05, 4.69) is 43.2 Å².